The number of aromatic nitrogens is 3. The molecule has 4 rings (SSSR count). The minimum atomic E-state index is 0.263. The van der Waals surface area contributed by atoms with Crippen molar-refractivity contribution in [2.24, 2.45) is 17.3 Å². The van der Waals surface area contributed by atoms with Crippen LogP contribution in [0.4, 0.5) is 0 Å². The Labute approximate surface area is 167 Å². The Morgan fingerprint density at radius 1 is 1.11 bits per heavy atom. The second-order valence-electron chi connectivity index (χ2n) is 9.76. The van der Waals surface area contributed by atoms with Gasteiger partial charge in [-0.3, -0.25) is 0 Å². The van der Waals surface area contributed by atoms with E-state index in [1.54, 1.807) is 0 Å². The van der Waals surface area contributed by atoms with E-state index < -0.39 is 0 Å². The quantitative estimate of drug-likeness (QED) is 0.767. The van der Waals surface area contributed by atoms with Crippen LogP contribution in [0, 0.1) is 31.1 Å². The van der Waals surface area contributed by atoms with Crippen molar-refractivity contribution in [3.63, 3.8) is 0 Å². The SMILES string of the molecule is Cc1noc(C)c1-c1ccc(OC2C[C@@H]3CN(CCC(C)(C)C)C[C@@H]3C2)nn1. The zero-order valence-corrected chi connectivity index (χ0v) is 17.7. The maximum Gasteiger partial charge on any atom is 0.233 e. The first-order valence-electron chi connectivity index (χ1n) is 10.4. The average Bonchev–Trinajstić information content (AvgIpc) is 3.27. The van der Waals surface area contributed by atoms with Crippen molar-refractivity contribution in [2.75, 3.05) is 19.6 Å². The van der Waals surface area contributed by atoms with E-state index >= 15 is 0 Å². The van der Waals surface area contributed by atoms with Crippen molar-refractivity contribution >= 4 is 0 Å². The normalized spacial score (nSPS) is 25.2. The van der Waals surface area contributed by atoms with Gasteiger partial charge in [-0.1, -0.05) is 25.9 Å². The summed E-state index contributed by atoms with van der Waals surface area (Å²) in [6.45, 7) is 14.4. The van der Waals surface area contributed by atoms with Gasteiger partial charge < -0.3 is 14.2 Å². The summed E-state index contributed by atoms with van der Waals surface area (Å²) in [5.41, 5.74) is 2.95. The zero-order valence-electron chi connectivity index (χ0n) is 17.7. The molecular weight excluding hydrogens is 352 g/mol. The molecule has 152 valence electrons. The van der Waals surface area contributed by atoms with Gasteiger partial charge in [-0.05, 0) is 63.0 Å². The van der Waals surface area contributed by atoms with Crippen molar-refractivity contribution in [1.82, 2.24) is 20.3 Å². The van der Waals surface area contributed by atoms with E-state index in [4.69, 9.17) is 9.26 Å². The molecule has 0 bridgehead atoms. The topological polar surface area (TPSA) is 64.3 Å². The highest BCUT2D eigenvalue weighted by atomic mass is 16.5. The van der Waals surface area contributed by atoms with Crippen molar-refractivity contribution in [3.05, 3.63) is 23.6 Å². The summed E-state index contributed by atoms with van der Waals surface area (Å²) in [6, 6.07) is 3.86. The van der Waals surface area contributed by atoms with Gasteiger partial charge in [-0.25, -0.2) is 0 Å². The first kappa shape index (κ1) is 19.4. The van der Waals surface area contributed by atoms with Crippen LogP contribution in [0.25, 0.3) is 11.3 Å². The van der Waals surface area contributed by atoms with Crippen LogP contribution in [0.1, 0.15) is 51.5 Å². The molecule has 2 aliphatic rings. The summed E-state index contributed by atoms with van der Waals surface area (Å²) < 4.78 is 11.4. The molecule has 1 unspecified atom stereocenters. The molecule has 3 atom stereocenters. The van der Waals surface area contributed by atoms with Gasteiger partial charge >= 0.3 is 0 Å². The van der Waals surface area contributed by atoms with Gasteiger partial charge in [0.05, 0.1) is 17.0 Å². The second-order valence-corrected chi connectivity index (χ2v) is 9.76. The molecule has 3 heterocycles. The molecule has 1 saturated heterocycles. The van der Waals surface area contributed by atoms with Crippen molar-refractivity contribution in [3.8, 4) is 17.1 Å². The smallest absolute Gasteiger partial charge is 0.233 e. The van der Waals surface area contributed by atoms with Crippen LogP contribution in [0.2, 0.25) is 0 Å². The lowest BCUT2D eigenvalue weighted by atomic mass is 9.92. The van der Waals surface area contributed by atoms with E-state index in [1.165, 1.54) is 26.1 Å². The highest BCUT2D eigenvalue weighted by molar-refractivity contribution is 5.63. The third kappa shape index (κ3) is 4.22. The lowest BCUT2D eigenvalue weighted by Gasteiger charge is -2.24. The molecule has 1 aliphatic heterocycles. The maximum atomic E-state index is 6.16. The molecule has 0 radical (unpaired) electrons. The molecule has 2 fully saturated rings. The Kier molecular flexibility index (Phi) is 5.17. The monoisotopic (exact) mass is 384 g/mol. The van der Waals surface area contributed by atoms with Crippen molar-refractivity contribution < 1.29 is 9.26 Å². The van der Waals surface area contributed by atoms with Crippen LogP contribution in [0.3, 0.4) is 0 Å². The summed E-state index contributed by atoms with van der Waals surface area (Å²) >= 11 is 0. The van der Waals surface area contributed by atoms with Crippen molar-refractivity contribution in [2.45, 2.75) is 60.0 Å². The highest BCUT2D eigenvalue weighted by Gasteiger charge is 2.41. The van der Waals surface area contributed by atoms with Gasteiger partial charge in [0.2, 0.25) is 5.88 Å². The number of nitrogens with zero attached hydrogens (tertiary/aromatic N) is 4. The fraction of sp³-hybridized carbons (Fsp3) is 0.682. The summed E-state index contributed by atoms with van der Waals surface area (Å²) in [5, 5.41) is 12.6. The Morgan fingerprint density at radius 2 is 1.82 bits per heavy atom. The Hall–Kier alpha value is -1.95. The Bertz CT molecular complexity index is 775. The standard InChI is InChI=1S/C22H32N4O2/c1-14-21(15(2)28-25-14)19-6-7-20(24-23-19)27-18-10-16-12-26(13-17(16)11-18)9-8-22(3,4)5/h6-7,16-18H,8-13H2,1-5H3/t16-,17+,18?. The predicted octanol–water partition coefficient (Wildman–Crippen LogP) is 4.27. The number of ether oxygens (including phenoxy) is 1. The van der Waals surface area contributed by atoms with Gasteiger partial charge in [0.25, 0.3) is 0 Å². The van der Waals surface area contributed by atoms with Gasteiger partial charge in [0, 0.05) is 19.2 Å². The molecule has 1 aliphatic carbocycles. The molecule has 2 aromatic heterocycles. The van der Waals surface area contributed by atoms with E-state index in [0.29, 0.717) is 11.3 Å². The third-order valence-corrected chi connectivity index (χ3v) is 6.18. The molecule has 6 heteroatoms. The first-order valence-corrected chi connectivity index (χ1v) is 10.4. The van der Waals surface area contributed by atoms with Crippen LogP contribution in [0.5, 0.6) is 5.88 Å². The molecule has 2 aromatic rings. The van der Waals surface area contributed by atoms with Crippen LogP contribution in [0.15, 0.2) is 16.7 Å². The first-order chi connectivity index (χ1) is 13.3. The van der Waals surface area contributed by atoms with E-state index in [9.17, 15) is 0 Å². The number of likely N-dealkylation sites (tertiary alicyclic amines) is 1. The molecule has 0 amide bonds. The minimum Gasteiger partial charge on any atom is -0.473 e. The molecule has 1 saturated carbocycles. The lowest BCUT2D eigenvalue weighted by Crippen LogP contribution is -2.28. The minimum absolute atomic E-state index is 0.263. The number of fused-ring (bicyclic) bond motifs is 1. The largest absolute Gasteiger partial charge is 0.473 e. The molecule has 6 nitrogen and oxygen atoms in total. The summed E-state index contributed by atoms with van der Waals surface area (Å²) in [4.78, 5) is 2.65. The molecule has 28 heavy (non-hydrogen) atoms. The van der Waals surface area contributed by atoms with E-state index in [-0.39, 0.29) is 6.10 Å². The third-order valence-electron chi connectivity index (χ3n) is 6.18. The predicted molar refractivity (Wildman–Crippen MR) is 108 cm³/mol. The number of hydrogen-bond acceptors (Lipinski definition) is 6. The summed E-state index contributed by atoms with van der Waals surface area (Å²) in [6.07, 6.45) is 3.78. The fourth-order valence-electron chi connectivity index (χ4n) is 4.65. The fourth-order valence-corrected chi connectivity index (χ4v) is 4.65. The van der Waals surface area contributed by atoms with E-state index in [2.05, 4.69) is 41.0 Å². The molecule has 0 aromatic carbocycles. The van der Waals surface area contributed by atoms with Gasteiger partial charge in [0.15, 0.2) is 0 Å². The van der Waals surface area contributed by atoms with Crippen LogP contribution in [-0.2, 0) is 0 Å². The average molecular weight is 385 g/mol. The van der Waals surface area contributed by atoms with Gasteiger partial charge in [-0.2, -0.15) is 0 Å². The molecule has 0 N–H and O–H groups in total. The molecular formula is C22H32N4O2. The second kappa shape index (κ2) is 7.47. The van der Waals surface area contributed by atoms with E-state index in [0.717, 1.165) is 47.4 Å². The summed E-state index contributed by atoms with van der Waals surface area (Å²) in [7, 11) is 0. The Morgan fingerprint density at radius 3 is 2.36 bits per heavy atom. The van der Waals surface area contributed by atoms with Crippen molar-refractivity contribution in [1.29, 1.82) is 0 Å². The van der Waals surface area contributed by atoms with Gasteiger partial charge in [0.1, 0.15) is 11.9 Å². The lowest BCUT2D eigenvalue weighted by molar-refractivity contribution is 0.173. The van der Waals surface area contributed by atoms with Crippen LogP contribution < -0.4 is 4.74 Å². The molecule has 0 spiro atoms. The number of aryl methyl sites for hydroxylation is 2. The Balaban J connectivity index is 1.30. The summed E-state index contributed by atoms with van der Waals surface area (Å²) in [5.74, 6) is 2.91. The highest BCUT2D eigenvalue weighted by Crippen LogP contribution is 2.40. The maximum absolute atomic E-state index is 6.16. The zero-order chi connectivity index (χ0) is 19.9. The van der Waals surface area contributed by atoms with Crippen LogP contribution in [-0.4, -0.2) is 46.0 Å². The number of hydrogen-bond donors (Lipinski definition) is 0. The van der Waals surface area contributed by atoms with Crippen LogP contribution >= 0.6 is 0 Å². The number of rotatable bonds is 5. The van der Waals surface area contributed by atoms with Gasteiger partial charge in [-0.15, -0.1) is 10.2 Å². The van der Waals surface area contributed by atoms with E-state index in [1.807, 2.05) is 26.0 Å².